The summed E-state index contributed by atoms with van der Waals surface area (Å²) in [4.78, 5) is 4.15. The van der Waals surface area contributed by atoms with E-state index in [4.69, 9.17) is 10.5 Å². The second-order valence-corrected chi connectivity index (χ2v) is 5.18. The van der Waals surface area contributed by atoms with Crippen LogP contribution in [0.2, 0.25) is 0 Å². The second-order valence-electron chi connectivity index (χ2n) is 5.18. The van der Waals surface area contributed by atoms with Crippen molar-refractivity contribution in [3.05, 3.63) is 54.1 Å². The Morgan fingerprint density at radius 3 is 2.28 bits per heavy atom. The molecule has 1 heterocycles. The van der Waals surface area contributed by atoms with Crippen molar-refractivity contribution in [2.24, 2.45) is 0 Å². The van der Waals surface area contributed by atoms with Crippen LogP contribution in [0.15, 0.2) is 48.5 Å². The maximum absolute atomic E-state index is 13.2. The summed E-state index contributed by atoms with van der Waals surface area (Å²) in [6.07, 6.45) is -4.52. The second kappa shape index (κ2) is 6.39. The molecular formula is C17H13F3N4O. The number of anilines is 1. The predicted molar refractivity (Wildman–Crippen MR) is 86.7 cm³/mol. The van der Waals surface area contributed by atoms with E-state index in [1.54, 1.807) is 24.3 Å². The predicted octanol–water partition coefficient (Wildman–Crippen LogP) is 3.82. The van der Waals surface area contributed by atoms with Gasteiger partial charge in [0.1, 0.15) is 17.1 Å². The Kier molecular flexibility index (Phi) is 4.26. The van der Waals surface area contributed by atoms with Gasteiger partial charge >= 0.3 is 6.18 Å². The largest absolute Gasteiger partial charge is 0.497 e. The lowest BCUT2D eigenvalue weighted by atomic mass is 10.0. The number of aromatic nitrogens is 3. The summed E-state index contributed by atoms with van der Waals surface area (Å²) in [5, 5.41) is 7.65. The van der Waals surface area contributed by atoms with Crippen LogP contribution in [0.25, 0.3) is 22.5 Å². The topological polar surface area (TPSA) is 73.9 Å². The highest BCUT2D eigenvalue weighted by atomic mass is 19.4. The number of nitrogens with two attached hydrogens (primary N) is 1. The first kappa shape index (κ1) is 16.7. The molecule has 2 aromatic carbocycles. The number of ether oxygens (including phenoxy) is 1. The van der Waals surface area contributed by atoms with E-state index in [-0.39, 0.29) is 23.0 Å². The van der Waals surface area contributed by atoms with Gasteiger partial charge in [-0.15, -0.1) is 10.2 Å². The van der Waals surface area contributed by atoms with Gasteiger partial charge in [-0.3, -0.25) is 0 Å². The minimum atomic E-state index is -4.52. The highest BCUT2D eigenvalue weighted by Gasteiger charge is 2.32. The quantitative estimate of drug-likeness (QED) is 0.780. The first-order chi connectivity index (χ1) is 11.9. The lowest BCUT2D eigenvalue weighted by Crippen LogP contribution is -2.07. The van der Waals surface area contributed by atoms with Gasteiger partial charge in [-0.2, -0.15) is 13.2 Å². The zero-order chi connectivity index (χ0) is 18.0. The van der Waals surface area contributed by atoms with Crippen LogP contribution in [0.1, 0.15) is 5.56 Å². The highest BCUT2D eigenvalue weighted by Crippen LogP contribution is 2.37. The summed E-state index contributed by atoms with van der Waals surface area (Å²) in [6.45, 7) is 0. The van der Waals surface area contributed by atoms with E-state index in [9.17, 15) is 13.2 Å². The normalized spacial score (nSPS) is 11.4. The van der Waals surface area contributed by atoms with Gasteiger partial charge in [-0.25, -0.2) is 4.98 Å². The van der Waals surface area contributed by atoms with Crippen molar-refractivity contribution in [3.63, 3.8) is 0 Å². The molecule has 25 heavy (non-hydrogen) atoms. The maximum atomic E-state index is 13.2. The van der Waals surface area contributed by atoms with Crippen LogP contribution in [0.4, 0.5) is 19.1 Å². The van der Waals surface area contributed by atoms with E-state index in [1.807, 2.05) is 6.07 Å². The third kappa shape index (κ3) is 3.52. The van der Waals surface area contributed by atoms with Gasteiger partial charge in [0.05, 0.1) is 12.7 Å². The molecule has 0 aliphatic carbocycles. The maximum Gasteiger partial charge on any atom is 0.416 e. The summed E-state index contributed by atoms with van der Waals surface area (Å²) in [5.41, 5.74) is 6.14. The monoisotopic (exact) mass is 346 g/mol. The molecular weight excluding hydrogens is 333 g/mol. The fraction of sp³-hybridized carbons (Fsp3) is 0.118. The Labute approximate surface area is 141 Å². The van der Waals surface area contributed by atoms with Crippen LogP contribution in [0, 0.1) is 0 Å². The summed E-state index contributed by atoms with van der Waals surface area (Å²) in [5.74, 6) is -0.0102. The van der Waals surface area contributed by atoms with Gasteiger partial charge in [0.2, 0.25) is 5.95 Å². The third-order valence-corrected chi connectivity index (χ3v) is 3.49. The fourth-order valence-electron chi connectivity index (χ4n) is 2.35. The lowest BCUT2D eigenvalue weighted by molar-refractivity contribution is -0.137. The number of hydrogen-bond acceptors (Lipinski definition) is 5. The molecule has 0 saturated heterocycles. The minimum absolute atomic E-state index is 0.0578. The number of halogens is 3. The van der Waals surface area contributed by atoms with Gasteiger partial charge in [-0.1, -0.05) is 30.3 Å². The van der Waals surface area contributed by atoms with Crippen molar-refractivity contribution in [1.82, 2.24) is 15.2 Å². The Bertz CT molecular complexity index is 898. The van der Waals surface area contributed by atoms with Crippen molar-refractivity contribution >= 4 is 5.95 Å². The van der Waals surface area contributed by atoms with Crippen LogP contribution in [0.5, 0.6) is 5.75 Å². The molecule has 0 aliphatic rings. The summed E-state index contributed by atoms with van der Waals surface area (Å²) >= 11 is 0. The molecule has 0 aliphatic heterocycles. The number of benzene rings is 2. The molecule has 0 bridgehead atoms. The number of methoxy groups -OCH3 is 1. The molecule has 0 atom stereocenters. The van der Waals surface area contributed by atoms with Crippen molar-refractivity contribution in [2.75, 3.05) is 12.8 Å². The van der Waals surface area contributed by atoms with Gasteiger partial charge in [0.15, 0.2) is 0 Å². The van der Waals surface area contributed by atoms with Crippen molar-refractivity contribution < 1.29 is 17.9 Å². The highest BCUT2D eigenvalue weighted by molar-refractivity contribution is 5.79. The average Bonchev–Trinajstić information content (AvgIpc) is 2.61. The first-order valence-corrected chi connectivity index (χ1v) is 7.21. The standard InChI is InChI=1S/C17H13F3N4O/c1-25-13-8-11(7-12(9-13)17(18,19)20)15-14(22-16(21)24-23-15)10-5-3-2-4-6-10/h2-9H,1H3,(H2,21,22,24). The van der Waals surface area contributed by atoms with Gasteiger partial charge in [0.25, 0.3) is 0 Å². The average molecular weight is 346 g/mol. The number of nitrogen functional groups attached to an aromatic ring is 1. The molecule has 5 nitrogen and oxygen atoms in total. The van der Waals surface area contributed by atoms with Crippen LogP contribution in [-0.2, 0) is 6.18 Å². The van der Waals surface area contributed by atoms with Crippen molar-refractivity contribution in [3.8, 4) is 28.3 Å². The van der Waals surface area contributed by atoms with E-state index in [0.29, 0.717) is 11.3 Å². The Hall–Kier alpha value is -3.16. The van der Waals surface area contributed by atoms with E-state index >= 15 is 0 Å². The zero-order valence-electron chi connectivity index (χ0n) is 13.1. The van der Waals surface area contributed by atoms with Gasteiger partial charge < -0.3 is 10.5 Å². The van der Waals surface area contributed by atoms with Crippen molar-refractivity contribution in [1.29, 1.82) is 0 Å². The van der Waals surface area contributed by atoms with Gasteiger partial charge in [-0.05, 0) is 18.2 Å². The molecule has 2 N–H and O–H groups in total. The minimum Gasteiger partial charge on any atom is -0.497 e. The molecule has 0 spiro atoms. The number of rotatable bonds is 3. The summed E-state index contributed by atoms with van der Waals surface area (Å²) in [7, 11) is 1.30. The molecule has 0 amide bonds. The molecule has 3 rings (SSSR count). The molecule has 3 aromatic rings. The molecule has 1 aromatic heterocycles. The van der Waals surface area contributed by atoms with Crippen LogP contribution >= 0.6 is 0 Å². The smallest absolute Gasteiger partial charge is 0.416 e. The van der Waals surface area contributed by atoms with Crippen molar-refractivity contribution in [2.45, 2.75) is 6.18 Å². The Balaban J connectivity index is 2.24. The molecule has 0 saturated carbocycles. The first-order valence-electron chi connectivity index (χ1n) is 7.21. The summed E-state index contributed by atoms with van der Waals surface area (Å²) < 4.78 is 44.5. The molecule has 8 heteroatoms. The molecule has 0 unspecified atom stereocenters. The van der Waals surface area contributed by atoms with E-state index in [1.165, 1.54) is 13.2 Å². The number of hydrogen-bond donors (Lipinski definition) is 1. The van der Waals surface area contributed by atoms with Gasteiger partial charge in [0, 0.05) is 11.1 Å². The van der Waals surface area contributed by atoms with Crippen LogP contribution in [-0.4, -0.2) is 22.3 Å². The van der Waals surface area contributed by atoms with E-state index in [0.717, 1.165) is 12.1 Å². The third-order valence-electron chi connectivity index (χ3n) is 3.49. The molecule has 0 fully saturated rings. The van der Waals surface area contributed by atoms with E-state index in [2.05, 4.69) is 15.2 Å². The van der Waals surface area contributed by atoms with Crippen LogP contribution in [0.3, 0.4) is 0 Å². The lowest BCUT2D eigenvalue weighted by Gasteiger charge is -2.13. The Morgan fingerprint density at radius 2 is 1.64 bits per heavy atom. The molecule has 128 valence electrons. The SMILES string of the molecule is COc1cc(-c2nnc(N)nc2-c2ccccc2)cc(C(F)(F)F)c1. The van der Waals surface area contributed by atoms with E-state index < -0.39 is 11.7 Å². The molecule has 0 radical (unpaired) electrons. The fourth-order valence-corrected chi connectivity index (χ4v) is 2.35. The zero-order valence-corrected chi connectivity index (χ0v) is 13.1. The Morgan fingerprint density at radius 1 is 0.920 bits per heavy atom. The summed E-state index contributed by atoms with van der Waals surface area (Å²) in [6, 6.07) is 12.3. The number of nitrogens with zero attached hydrogens (tertiary/aromatic N) is 3. The van der Waals surface area contributed by atoms with Crippen LogP contribution < -0.4 is 10.5 Å². The number of alkyl halides is 3.